The molecule has 0 amide bonds. The van der Waals surface area contributed by atoms with Crippen molar-refractivity contribution in [3.63, 3.8) is 0 Å². The molecule has 2 aromatic heterocycles. The van der Waals surface area contributed by atoms with E-state index in [2.05, 4.69) is 0 Å². The lowest BCUT2D eigenvalue weighted by Crippen LogP contribution is -2.28. The Kier molecular flexibility index (Phi) is 7.60. The van der Waals surface area contributed by atoms with Crippen LogP contribution in [0.5, 0.6) is 0 Å². The summed E-state index contributed by atoms with van der Waals surface area (Å²) in [6.45, 7) is 5.51. The van der Waals surface area contributed by atoms with E-state index >= 15 is 0 Å². The number of carbonyl (C=O) groups is 1. The average molecular weight is 541 g/mol. The number of halogens is 1. The number of esters is 1. The number of aromatic nitrogens is 3. The van der Waals surface area contributed by atoms with Crippen LogP contribution in [0.1, 0.15) is 45.9 Å². The van der Waals surface area contributed by atoms with Crippen molar-refractivity contribution in [2.75, 3.05) is 0 Å². The fraction of sp³-hybridized carbons (Fsp3) is 0.250. The normalized spacial score (nSPS) is 11.6. The molecule has 8 heteroatoms. The summed E-state index contributed by atoms with van der Waals surface area (Å²) in [6.07, 6.45) is 5.42. The number of oxazole rings is 1. The zero-order chi connectivity index (χ0) is 28.3. The number of benzene rings is 3. The lowest BCUT2D eigenvalue weighted by atomic mass is 10.1. The number of unbranched alkanes of at least 4 members (excludes halogenated alkanes) is 1. The molecule has 40 heavy (non-hydrogen) atoms. The van der Waals surface area contributed by atoms with Gasteiger partial charge in [-0.25, -0.2) is 9.37 Å². The minimum Gasteiger partial charge on any atom is -0.460 e. The van der Waals surface area contributed by atoms with Crippen LogP contribution in [0, 0.1) is 5.82 Å². The van der Waals surface area contributed by atoms with Gasteiger partial charge in [-0.15, -0.1) is 4.57 Å². The van der Waals surface area contributed by atoms with E-state index in [1.165, 1.54) is 16.7 Å². The van der Waals surface area contributed by atoms with Gasteiger partial charge >= 0.3 is 12.4 Å². The Bertz CT molecular complexity index is 1700. The molecule has 5 aromatic rings. The Hall–Kier alpha value is -4.59. The van der Waals surface area contributed by atoms with Crippen LogP contribution in [0.4, 0.5) is 4.39 Å². The second-order valence-corrected chi connectivity index (χ2v) is 10.6. The van der Waals surface area contributed by atoms with Gasteiger partial charge in [0.05, 0.1) is 16.6 Å². The van der Waals surface area contributed by atoms with Gasteiger partial charge in [0.25, 0.3) is 5.56 Å². The van der Waals surface area contributed by atoms with Gasteiger partial charge < -0.3 is 9.15 Å². The maximum atomic E-state index is 13.7. The van der Waals surface area contributed by atoms with Crippen LogP contribution in [0.25, 0.3) is 33.6 Å². The summed E-state index contributed by atoms with van der Waals surface area (Å²) >= 11 is 0. The summed E-state index contributed by atoms with van der Waals surface area (Å²) in [4.78, 5) is 30.7. The van der Waals surface area contributed by atoms with Gasteiger partial charge in [-0.1, -0.05) is 30.3 Å². The molecular weight excluding hydrogens is 509 g/mol. The molecule has 2 heterocycles. The van der Waals surface area contributed by atoms with Crippen LogP contribution in [0.3, 0.4) is 0 Å². The summed E-state index contributed by atoms with van der Waals surface area (Å²) in [7, 11) is 0. The highest BCUT2D eigenvalue weighted by Gasteiger charge is 2.19. The zero-order valence-corrected chi connectivity index (χ0v) is 22.8. The highest BCUT2D eigenvalue weighted by atomic mass is 19.1. The van der Waals surface area contributed by atoms with Gasteiger partial charge in [0.1, 0.15) is 17.2 Å². The van der Waals surface area contributed by atoms with Gasteiger partial charge in [0.15, 0.2) is 0 Å². The predicted molar refractivity (Wildman–Crippen MR) is 150 cm³/mol. The summed E-state index contributed by atoms with van der Waals surface area (Å²) in [6, 6.07) is 21.0. The Labute approximate surface area is 231 Å². The summed E-state index contributed by atoms with van der Waals surface area (Å²) < 4.78 is 28.2. The Morgan fingerprint density at radius 3 is 2.50 bits per heavy atom. The zero-order valence-electron chi connectivity index (χ0n) is 22.8. The Morgan fingerprint density at radius 2 is 1.77 bits per heavy atom. The van der Waals surface area contributed by atoms with Crippen LogP contribution in [-0.2, 0) is 16.0 Å². The number of rotatable bonds is 8. The molecule has 0 aliphatic heterocycles. The van der Waals surface area contributed by atoms with Crippen molar-refractivity contribution in [1.29, 1.82) is 0 Å². The van der Waals surface area contributed by atoms with E-state index in [4.69, 9.17) is 14.1 Å². The first-order valence-corrected chi connectivity index (χ1v) is 13.3. The first-order chi connectivity index (χ1) is 19.2. The van der Waals surface area contributed by atoms with Crippen LogP contribution in [0.15, 0.2) is 94.6 Å². The van der Waals surface area contributed by atoms with E-state index in [0.717, 1.165) is 11.3 Å². The lowest BCUT2D eigenvalue weighted by Gasteiger charge is -2.19. The van der Waals surface area contributed by atoms with Gasteiger partial charge in [-0.2, -0.15) is 0 Å². The van der Waals surface area contributed by atoms with Crippen LogP contribution in [-0.4, -0.2) is 21.1 Å². The van der Waals surface area contributed by atoms with Crippen molar-refractivity contribution in [2.45, 2.75) is 52.1 Å². The molecule has 0 aliphatic carbocycles. The minimum absolute atomic E-state index is 0.243. The molecule has 0 unspecified atom stereocenters. The predicted octanol–water partition coefficient (Wildman–Crippen LogP) is 6.12. The second-order valence-electron chi connectivity index (χ2n) is 10.6. The number of hydrogen-bond donors (Lipinski definition) is 0. The lowest BCUT2D eigenvalue weighted by molar-refractivity contribution is -0.599. The van der Waals surface area contributed by atoms with Crippen LogP contribution in [0.2, 0.25) is 0 Å². The van der Waals surface area contributed by atoms with E-state index in [9.17, 15) is 14.0 Å². The third-order valence-electron chi connectivity index (χ3n) is 6.36. The van der Waals surface area contributed by atoms with E-state index in [0.29, 0.717) is 47.4 Å². The van der Waals surface area contributed by atoms with Gasteiger partial charge in [-0.3, -0.25) is 14.2 Å². The SMILES string of the molecule is CC(C)(C)OC(=O)CCCCc1nc2cc(-[n+]3coc(-c4ccccc4)c3)ccc2c(=O)n1-c1ccc(F)cc1. The monoisotopic (exact) mass is 540 g/mol. The molecule has 0 atom stereocenters. The highest BCUT2D eigenvalue weighted by Crippen LogP contribution is 2.20. The maximum absolute atomic E-state index is 13.7. The van der Waals surface area contributed by atoms with Crippen molar-refractivity contribution in [2.24, 2.45) is 0 Å². The van der Waals surface area contributed by atoms with Gasteiger partial charge in [-0.05, 0) is 63.9 Å². The molecule has 5 rings (SSSR count). The molecule has 204 valence electrons. The van der Waals surface area contributed by atoms with E-state index < -0.39 is 5.60 Å². The molecule has 0 saturated heterocycles. The summed E-state index contributed by atoms with van der Waals surface area (Å²) in [5.74, 6) is 0.603. The summed E-state index contributed by atoms with van der Waals surface area (Å²) in [5.41, 5.74) is 2.04. The fourth-order valence-electron chi connectivity index (χ4n) is 4.53. The highest BCUT2D eigenvalue weighted by molar-refractivity contribution is 5.79. The van der Waals surface area contributed by atoms with Crippen molar-refractivity contribution >= 4 is 16.9 Å². The number of aryl methyl sites for hydroxylation is 1. The maximum Gasteiger partial charge on any atom is 0.341 e. The van der Waals surface area contributed by atoms with Crippen molar-refractivity contribution < 1.29 is 22.9 Å². The van der Waals surface area contributed by atoms with Crippen LogP contribution < -0.4 is 10.1 Å². The first-order valence-electron chi connectivity index (χ1n) is 13.3. The average Bonchev–Trinajstić information content (AvgIpc) is 3.42. The minimum atomic E-state index is -0.535. The van der Waals surface area contributed by atoms with E-state index in [-0.39, 0.29) is 23.8 Å². The van der Waals surface area contributed by atoms with Crippen LogP contribution >= 0.6 is 0 Å². The number of ether oxygens (including phenoxy) is 1. The fourth-order valence-corrected chi connectivity index (χ4v) is 4.53. The van der Waals surface area contributed by atoms with Crippen molar-refractivity contribution in [3.8, 4) is 22.7 Å². The molecule has 3 aromatic carbocycles. The van der Waals surface area contributed by atoms with Gasteiger partial charge in [0, 0.05) is 30.5 Å². The molecular formula is C32H31FN3O4+. The number of fused-ring (bicyclic) bond motifs is 1. The molecule has 0 spiro atoms. The molecule has 0 bridgehead atoms. The van der Waals surface area contributed by atoms with E-state index in [1.807, 2.05) is 74.0 Å². The topological polar surface area (TPSA) is 78.2 Å². The first kappa shape index (κ1) is 27.0. The number of carbonyl (C=O) groups excluding carboxylic acids is 1. The quantitative estimate of drug-likeness (QED) is 0.135. The van der Waals surface area contributed by atoms with Crippen molar-refractivity contribution in [1.82, 2.24) is 9.55 Å². The molecule has 0 saturated carbocycles. The second kappa shape index (κ2) is 11.3. The third-order valence-corrected chi connectivity index (χ3v) is 6.36. The third kappa shape index (κ3) is 6.17. The Morgan fingerprint density at radius 1 is 1.02 bits per heavy atom. The molecule has 0 N–H and O–H groups in total. The largest absolute Gasteiger partial charge is 0.460 e. The molecule has 0 radical (unpaired) electrons. The summed E-state index contributed by atoms with van der Waals surface area (Å²) in [5, 5.41) is 0.443. The standard InChI is InChI=1S/C32H31FN3O4/c1-32(2,3)40-30(37)12-8-7-11-29-34-27-19-25(35-20-28(39-21-35)22-9-5-4-6-10-22)17-18-26(27)31(38)36(29)24-15-13-23(33)14-16-24/h4-6,9-10,13-21H,7-8,11-12H2,1-3H3/q+1. The van der Waals surface area contributed by atoms with Crippen molar-refractivity contribution in [3.05, 3.63) is 107 Å². The van der Waals surface area contributed by atoms with Gasteiger partial charge in [0.2, 0.25) is 17.6 Å². The smallest absolute Gasteiger partial charge is 0.341 e. The molecule has 0 aliphatic rings. The molecule has 0 fully saturated rings. The number of hydrogen-bond acceptors (Lipinski definition) is 5. The number of nitrogens with zero attached hydrogens (tertiary/aromatic N) is 3. The van der Waals surface area contributed by atoms with E-state index in [1.54, 1.807) is 24.6 Å². The Balaban J connectivity index is 1.47. The molecule has 7 nitrogen and oxygen atoms in total.